The number of carbonyl (C=O) groups excluding carboxylic acids is 2. The van der Waals surface area contributed by atoms with Gasteiger partial charge in [-0.05, 0) is 60.2 Å². The molecule has 0 radical (unpaired) electrons. The third kappa shape index (κ3) is 4.79. The van der Waals surface area contributed by atoms with E-state index in [9.17, 15) is 9.59 Å². The first-order valence-electron chi connectivity index (χ1n) is 10.7. The SMILES string of the molecule is COc1cccc(/C=C2/Sc3ccc(C(=O)NC4CCCC(C)C4C)cc3NC2=O)c1. The number of anilines is 1. The van der Waals surface area contributed by atoms with Crippen molar-refractivity contribution >= 4 is 35.3 Å². The van der Waals surface area contributed by atoms with Crippen LogP contribution < -0.4 is 15.4 Å². The molecule has 3 unspecified atom stereocenters. The van der Waals surface area contributed by atoms with Gasteiger partial charge < -0.3 is 15.4 Å². The number of hydrogen-bond donors (Lipinski definition) is 2. The van der Waals surface area contributed by atoms with Crippen LogP contribution >= 0.6 is 11.8 Å². The Labute approximate surface area is 187 Å². The van der Waals surface area contributed by atoms with E-state index in [1.54, 1.807) is 13.2 Å². The van der Waals surface area contributed by atoms with Gasteiger partial charge in [-0.15, -0.1) is 0 Å². The van der Waals surface area contributed by atoms with E-state index in [0.717, 1.165) is 29.1 Å². The Morgan fingerprint density at radius 2 is 2.03 bits per heavy atom. The Morgan fingerprint density at radius 1 is 1.19 bits per heavy atom. The molecule has 2 aromatic carbocycles. The number of amides is 2. The minimum absolute atomic E-state index is 0.0780. The monoisotopic (exact) mass is 436 g/mol. The van der Waals surface area contributed by atoms with Gasteiger partial charge in [0.25, 0.3) is 11.8 Å². The van der Waals surface area contributed by atoms with Crippen LogP contribution in [0.4, 0.5) is 5.69 Å². The van der Waals surface area contributed by atoms with Crippen molar-refractivity contribution in [2.45, 2.75) is 44.0 Å². The summed E-state index contributed by atoms with van der Waals surface area (Å²) in [6.07, 6.45) is 5.24. The molecule has 0 saturated heterocycles. The van der Waals surface area contributed by atoms with E-state index >= 15 is 0 Å². The largest absolute Gasteiger partial charge is 0.497 e. The first-order chi connectivity index (χ1) is 14.9. The molecular weight excluding hydrogens is 408 g/mol. The summed E-state index contributed by atoms with van der Waals surface area (Å²) in [4.78, 5) is 27.0. The lowest BCUT2D eigenvalue weighted by Gasteiger charge is -2.34. The van der Waals surface area contributed by atoms with Crippen molar-refractivity contribution in [3.8, 4) is 5.75 Å². The number of rotatable bonds is 4. The normalized spacial score (nSPS) is 24.3. The lowest BCUT2D eigenvalue weighted by molar-refractivity contribution is -0.112. The Kier molecular flexibility index (Phi) is 6.37. The number of fused-ring (bicyclic) bond motifs is 1. The lowest BCUT2D eigenvalue weighted by Crippen LogP contribution is -2.43. The van der Waals surface area contributed by atoms with E-state index in [2.05, 4.69) is 24.5 Å². The Morgan fingerprint density at radius 3 is 2.84 bits per heavy atom. The average molecular weight is 437 g/mol. The number of benzene rings is 2. The number of ether oxygens (including phenoxy) is 1. The molecule has 2 aromatic rings. The summed E-state index contributed by atoms with van der Waals surface area (Å²) >= 11 is 1.41. The Bertz CT molecular complexity index is 1030. The van der Waals surface area contributed by atoms with Crippen molar-refractivity contribution < 1.29 is 14.3 Å². The molecule has 1 aliphatic heterocycles. The topological polar surface area (TPSA) is 67.4 Å². The van der Waals surface area contributed by atoms with Crippen LogP contribution in [-0.4, -0.2) is 25.0 Å². The molecule has 6 heteroatoms. The second kappa shape index (κ2) is 9.18. The molecule has 2 amide bonds. The van der Waals surface area contributed by atoms with Crippen LogP contribution in [0.5, 0.6) is 5.75 Å². The highest BCUT2D eigenvalue weighted by molar-refractivity contribution is 8.04. The maximum Gasteiger partial charge on any atom is 0.262 e. The summed E-state index contributed by atoms with van der Waals surface area (Å²) in [5, 5.41) is 6.14. The highest BCUT2D eigenvalue weighted by atomic mass is 32.2. The van der Waals surface area contributed by atoms with E-state index in [1.165, 1.54) is 18.2 Å². The van der Waals surface area contributed by atoms with Crippen molar-refractivity contribution in [3.05, 3.63) is 58.5 Å². The molecule has 2 N–H and O–H groups in total. The maximum atomic E-state index is 12.8. The minimum Gasteiger partial charge on any atom is -0.497 e. The molecule has 162 valence electrons. The summed E-state index contributed by atoms with van der Waals surface area (Å²) in [5.74, 6) is 1.58. The van der Waals surface area contributed by atoms with E-state index < -0.39 is 0 Å². The summed E-state index contributed by atoms with van der Waals surface area (Å²) in [5.41, 5.74) is 2.15. The molecule has 0 bridgehead atoms. The van der Waals surface area contributed by atoms with Gasteiger partial charge in [0.1, 0.15) is 5.75 Å². The van der Waals surface area contributed by atoms with Gasteiger partial charge in [-0.3, -0.25) is 9.59 Å². The van der Waals surface area contributed by atoms with Gasteiger partial charge in [0.15, 0.2) is 0 Å². The fourth-order valence-electron chi connectivity index (χ4n) is 4.22. The van der Waals surface area contributed by atoms with E-state index in [4.69, 9.17) is 4.74 Å². The van der Waals surface area contributed by atoms with Gasteiger partial charge in [-0.2, -0.15) is 0 Å². The van der Waals surface area contributed by atoms with Crippen molar-refractivity contribution in [1.82, 2.24) is 5.32 Å². The maximum absolute atomic E-state index is 12.8. The molecule has 4 rings (SSSR count). The average Bonchev–Trinajstić information content (AvgIpc) is 2.77. The zero-order valence-corrected chi connectivity index (χ0v) is 18.9. The zero-order valence-electron chi connectivity index (χ0n) is 18.1. The number of nitrogens with one attached hydrogen (secondary N) is 2. The van der Waals surface area contributed by atoms with Crippen molar-refractivity contribution in [2.75, 3.05) is 12.4 Å². The van der Waals surface area contributed by atoms with Crippen LogP contribution in [0.3, 0.4) is 0 Å². The zero-order chi connectivity index (χ0) is 22.0. The summed E-state index contributed by atoms with van der Waals surface area (Å²) in [6.45, 7) is 4.47. The Balaban J connectivity index is 1.50. The van der Waals surface area contributed by atoms with Gasteiger partial charge in [-0.1, -0.05) is 50.6 Å². The number of methoxy groups -OCH3 is 1. The van der Waals surface area contributed by atoms with Gasteiger partial charge in [-0.25, -0.2) is 0 Å². The van der Waals surface area contributed by atoms with Gasteiger partial charge in [0.05, 0.1) is 17.7 Å². The highest BCUT2D eigenvalue weighted by Crippen LogP contribution is 2.39. The van der Waals surface area contributed by atoms with Gasteiger partial charge in [0, 0.05) is 16.5 Å². The van der Waals surface area contributed by atoms with E-state index in [0.29, 0.717) is 28.0 Å². The van der Waals surface area contributed by atoms with Crippen LogP contribution in [-0.2, 0) is 4.79 Å². The molecule has 3 atom stereocenters. The second-order valence-corrected chi connectivity index (χ2v) is 9.48. The van der Waals surface area contributed by atoms with Crippen LogP contribution in [0, 0.1) is 11.8 Å². The van der Waals surface area contributed by atoms with Gasteiger partial charge in [0.2, 0.25) is 0 Å². The number of hydrogen-bond acceptors (Lipinski definition) is 4. The molecule has 2 aliphatic rings. The number of carbonyl (C=O) groups is 2. The van der Waals surface area contributed by atoms with Gasteiger partial charge >= 0.3 is 0 Å². The third-order valence-corrected chi connectivity index (χ3v) is 7.45. The second-order valence-electron chi connectivity index (χ2n) is 8.40. The fraction of sp³-hybridized carbons (Fsp3) is 0.360. The number of thioether (sulfide) groups is 1. The molecular formula is C25H28N2O3S. The van der Waals surface area contributed by atoms with Crippen molar-refractivity contribution in [1.29, 1.82) is 0 Å². The summed E-state index contributed by atoms with van der Waals surface area (Å²) in [7, 11) is 1.62. The quantitative estimate of drug-likeness (QED) is 0.635. The molecule has 0 spiro atoms. The van der Waals surface area contributed by atoms with Crippen molar-refractivity contribution in [2.24, 2.45) is 11.8 Å². The third-order valence-electron chi connectivity index (χ3n) is 6.35. The molecule has 1 saturated carbocycles. The smallest absolute Gasteiger partial charge is 0.262 e. The predicted octanol–water partition coefficient (Wildman–Crippen LogP) is 5.34. The first kappa shape index (κ1) is 21.5. The van der Waals surface area contributed by atoms with E-state index in [-0.39, 0.29) is 17.9 Å². The molecule has 31 heavy (non-hydrogen) atoms. The molecule has 1 heterocycles. The molecule has 0 aromatic heterocycles. The fourth-order valence-corrected chi connectivity index (χ4v) is 5.15. The summed E-state index contributed by atoms with van der Waals surface area (Å²) in [6, 6.07) is 13.3. The van der Waals surface area contributed by atoms with Crippen molar-refractivity contribution in [3.63, 3.8) is 0 Å². The Hall–Kier alpha value is -2.73. The molecule has 1 fully saturated rings. The highest BCUT2D eigenvalue weighted by Gasteiger charge is 2.29. The predicted molar refractivity (Wildman–Crippen MR) is 125 cm³/mol. The lowest BCUT2D eigenvalue weighted by atomic mass is 9.78. The first-order valence-corrected chi connectivity index (χ1v) is 11.6. The summed E-state index contributed by atoms with van der Waals surface area (Å²) < 4.78 is 5.25. The van der Waals surface area contributed by atoms with E-state index in [1.807, 2.05) is 42.5 Å². The minimum atomic E-state index is -0.174. The van der Waals surface area contributed by atoms with Crippen LogP contribution in [0.15, 0.2) is 52.3 Å². The van der Waals surface area contributed by atoms with Crippen LogP contribution in [0.2, 0.25) is 0 Å². The standard InChI is InChI=1S/C25H28N2O3S/c1-15-6-4-9-20(16(15)2)26-24(28)18-10-11-22-21(14-18)27-25(29)23(31-22)13-17-7-5-8-19(12-17)30-3/h5,7-8,10-16,20H,4,6,9H2,1-3H3,(H,26,28)(H,27,29)/b23-13+. The molecule has 1 aliphatic carbocycles. The van der Waals surface area contributed by atoms with Crippen LogP contribution in [0.1, 0.15) is 49.0 Å². The van der Waals surface area contributed by atoms with Crippen LogP contribution in [0.25, 0.3) is 6.08 Å². The molecule has 5 nitrogen and oxygen atoms in total.